The quantitative estimate of drug-likeness (QED) is 0.702. The second kappa shape index (κ2) is 3.81. The molecule has 1 heterocycles. The first-order valence-electron chi connectivity index (χ1n) is 4.37. The molecular weight excluding hydrogens is 156 g/mol. The summed E-state index contributed by atoms with van der Waals surface area (Å²) in [5.41, 5.74) is 0. The first kappa shape index (κ1) is 9.39. The van der Waals surface area contributed by atoms with Gasteiger partial charge in [0.15, 0.2) is 5.76 Å². The highest BCUT2D eigenvalue weighted by Gasteiger charge is 2.32. The SMILES string of the molecule is CCCCC1(C)OC=C(CO)O1. The van der Waals surface area contributed by atoms with E-state index in [9.17, 15) is 0 Å². The molecule has 0 spiro atoms. The molecule has 0 saturated carbocycles. The van der Waals surface area contributed by atoms with Gasteiger partial charge in [-0.15, -0.1) is 0 Å². The van der Waals surface area contributed by atoms with E-state index in [-0.39, 0.29) is 6.61 Å². The molecule has 0 aromatic carbocycles. The van der Waals surface area contributed by atoms with Crippen LogP contribution in [0.3, 0.4) is 0 Å². The minimum atomic E-state index is -0.534. The molecule has 1 atom stereocenters. The molecule has 12 heavy (non-hydrogen) atoms. The normalized spacial score (nSPS) is 27.8. The molecule has 1 unspecified atom stereocenters. The minimum absolute atomic E-state index is 0.0816. The van der Waals surface area contributed by atoms with Crippen LogP contribution in [0.1, 0.15) is 33.1 Å². The van der Waals surface area contributed by atoms with Crippen LogP contribution in [-0.2, 0) is 9.47 Å². The van der Waals surface area contributed by atoms with Crippen molar-refractivity contribution >= 4 is 0 Å². The van der Waals surface area contributed by atoms with Crippen molar-refractivity contribution in [3.63, 3.8) is 0 Å². The second-order valence-corrected chi connectivity index (χ2v) is 3.20. The van der Waals surface area contributed by atoms with Crippen molar-refractivity contribution < 1.29 is 14.6 Å². The third-order valence-corrected chi connectivity index (χ3v) is 1.93. The summed E-state index contributed by atoms with van der Waals surface area (Å²) in [6, 6.07) is 0. The van der Waals surface area contributed by atoms with Crippen molar-refractivity contribution in [1.29, 1.82) is 0 Å². The van der Waals surface area contributed by atoms with E-state index in [1.54, 1.807) is 0 Å². The molecule has 0 radical (unpaired) electrons. The standard InChI is InChI=1S/C9H16O3/c1-3-4-5-9(2)11-7-8(6-10)12-9/h7,10H,3-6H2,1-2H3. The lowest BCUT2D eigenvalue weighted by atomic mass is 10.1. The fourth-order valence-corrected chi connectivity index (χ4v) is 1.19. The molecule has 1 N–H and O–H groups in total. The number of ether oxygens (including phenoxy) is 2. The summed E-state index contributed by atoms with van der Waals surface area (Å²) in [4.78, 5) is 0. The molecule has 0 bridgehead atoms. The van der Waals surface area contributed by atoms with Gasteiger partial charge in [-0.1, -0.05) is 13.3 Å². The second-order valence-electron chi connectivity index (χ2n) is 3.20. The predicted octanol–water partition coefficient (Wildman–Crippen LogP) is 1.77. The van der Waals surface area contributed by atoms with Gasteiger partial charge in [-0.3, -0.25) is 0 Å². The number of unbranched alkanes of at least 4 members (excludes halogenated alkanes) is 1. The van der Waals surface area contributed by atoms with Gasteiger partial charge in [-0.2, -0.15) is 0 Å². The van der Waals surface area contributed by atoms with Crippen LogP contribution in [0.2, 0.25) is 0 Å². The van der Waals surface area contributed by atoms with E-state index in [4.69, 9.17) is 14.6 Å². The zero-order valence-electron chi connectivity index (χ0n) is 7.67. The molecule has 0 amide bonds. The number of hydrogen-bond donors (Lipinski definition) is 1. The topological polar surface area (TPSA) is 38.7 Å². The molecule has 0 aromatic heterocycles. The van der Waals surface area contributed by atoms with Gasteiger partial charge in [-0.05, 0) is 6.42 Å². The van der Waals surface area contributed by atoms with E-state index >= 15 is 0 Å². The first-order chi connectivity index (χ1) is 5.70. The van der Waals surface area contributed by atoms with Gasteiger partial charge < -0.3 is 14.6 Å². The van der Waals surface area contributed by atoms with Gasteiger partial charge in [0.1, 0.15) is 12.9 Å². The van der Waals surface area contributed by atoms with Crippen LogP contribution < -0.4 is 0 Å². The largest absolute Gasteiger partial charge is 0.457 e. The lowest BCUT2D eigenvalue weighted by Crippen LogP contribution is -2.26. The maximum absolute atomic E-state index is 8.75. The Bertz CT molecular complexity index is 177. The van der Waals surface area contributed by atoms with Gasteiger partial charge in [0, 0.05) is 13.3 Å². The van der Waals surface area contributed by atoms with Gasteiger partial charge in [0.05, 0.1) is 0 Å². The first-order valence-corrected chi connectivity index (χ1v) is 4.37. The van der Waals surface area contributed by atoms with Crippen LogP contribution in [-0.4, -0.2) is 17.5 Å². The maximum atomic E-state index is 8.75. The summed E-state index contributed by atoms with van der Waals surface area (Å²) in [6.07, 6.45) is 4.55. The van der Waals surface area contributed by atoms with E-state index in [1.807, 2.05) is 6.92 Å². The highest BCUT2D eigenvalue weighted by atomic mass is 16.7. The average molecular weight is 172 g/mol. The van der Waals surface area contributed by atoms with Gasteiger partial charge in [0.25, 0.3) is 0 Å². The highest BCUT2D eigenvalue weighted by molar-refractivity contribution is 4.95. The smallest absolute Gasteiger partial charge is 0.247 e. The van der Waals surface area contributed by atoms with Gasteiger partial charge in [-0.25, -0.2) is 0 Å². The number of aliphatic hydroxyl groups is 1. The van der Waals surface area contributed by atoms with Gasteiger partial charge >= 0.3 is 0 Å². The van der Waals surface area contributed by atoms with E-state index in [2.05, 4.69) is 6.92 Å². The molecule has 70 valence electrons. The Morgan fingerprint density at radius 1 is 1.58 bits per heavy atom. The van der Waals surface area contributed by atoms with Crippen LogP contribution >= 0.6 is 0 Å². The highest BCUT2D eigenvalue weighted by Crippen LogP contribution is 2.29. The summed E-state index contributed by atoms with van der Waals surface area (Å²) in [5.74, 6) is -0.0118. The summed E-state index contributed by atoms with van der Waals surface area (Å²) in [6.45, 7) is 3.93. The Morgan fingerprint density at radius 2 is 2.33 bits per heavy atom. The van der Waals surface area contributed by atoms with E-state index in [0.717, 1.165) is 19.3 Å². The molecule has 3 heteroatoms. The lowest BCUT2D eigenvalue weighted by molar-refractivity contribution is -0.141. The average Bonchev–Trinajstić information content (AvgIpc) is 2.45. The molecule has 1 aliphatic heterocycles. The number of rotatable bonds is 4. The van der Waals surface area contributed by atoms with Crippen molar-refractivity contribution in [2.75, 3.05) is 6.61 Å². The van der Waals surface area contributed by atoms with Gasteiger partial charge in [0.2, 0.25) is 5.79 Å². The monoisotopic (exact) mass is 172 g/mol. The predicted molar refractivity (Wildman–Crippen MR) is 45.3 cm³/mol. The van der Waals surface area contributed by atoms with Crippen LogP contribution in [0.25, 0.3) is 0 Å². The Balaban J connectivity index is 2.35. The molecule has 3 nitrogen and oxygen atoms in total. The minimum Gasteiger partial charge on any atom is -0.457 e. The summed E-state index contributed by atoms with van der Waals surface area (Å²) in [5, 5.41) is 8.75. The Kier molecular flexibility index (Phi) is 2.98. The molecule has 0 aliphatic carbocycles. The summed E-state index contributed by atoms with van der Waals surface area (Å²) >= 11 is 0. The van der Waals surface area contributed by atoms with Crippen molar-refractivity contribution in [3.8, 4) is 0 Å². The maximum Gasteiger partial charge on any atom is 0.247 e. The molecule has 1 rings (SSSR count). The lowest BCUT2D eigenvalue weighted by Gasteiger charge is -2.23. The zero-order chi connectivity index (χ0) is 9.03. The fraction of sp³-hybridized carbons (Fsp3) is 0.778. The Hall–Kier alpha value is -0.700. The molecule has 0 saturated heterocycles. The van der Waals surface area contributed by atoms with E-state index in [0.29, 0.717) is 5.76 Å². The summed E-state index contributed by atoms with van der Waals surface area (Å²) in [7, 11) is 0. The summed E-state index contributed by atoms with van der Waals surface area (Å²) < 4.78 is 10.7. The fourth-order valence-electron chi connectivity index (χ4n) is 1.19. The number of aliphatic hydroxyl groups excluding tert-OH is 1. The third kappa shape index (κ3) is 2.14. The Labute approximate surface area is 73.0 Å². The third-order valence-electron chi connectivity index (χ3n) is 1.93. The van der Waals surface area contributed by atoms with Crippen LogP contribution in [0.15, 0.2) is 12.0 Å². The van der Waals surface area contributed by atoms with Crippen LogP contribution in [0, 0.1) is 0 Å². The molecule has 1 aliphatic rings. The van der Waals surface area contributed by atoms with Crippen LogP contribution in [0.5, 0.6) is 0 Å². The van der Waals surface area contributed by atoms with Crippen LogP contribution in [0.4, 0.5) is 0 Å². The van der Waals surface area contributed by atoms with Crippen molar-refractivity contribution in [1.82, 2.24) is 0 Å². The zero-order valence-corrected chi connectivity index (χ0v) is 7.67. The molecular formula is C9H16O3. The van der Waals surface area contributed by atoms with E-state index < -0.39 is 5.79 Å². The van der Waals surface area contributed by atoms with Crippen molar-refractivity contribution in [2.45, 2.75) is 38.9 Å². The molecule has 0 aromatic rings. The Morgan fingerprint density at radius 3 is 2.83 bits per heavy atom. The van der Waals surface area contributed by atoms with E-state index in [1.165, 1.54) is 6.26 Å². The molecule has 0 fully saturated rings. The number of hydrogen-bond acceptors (Lipinski definition) is 3. The van der Waals surface area contributed by atoms with Crippen molar-refractivity contribution in [3.05, 3.63) is 12.0 Å². The van der Waals surface area contributed by atoms with Crippen molar-refractivity contribution in [2.24, 2.45) is 0 Å².